The van der Waals surface area contributed by atoms with Crippen LogP contribution in [-0.4, -0.2) is 28.0 Å². The second-order valence-corrected chi connectivity index (χ2v) is 8.31. The van der Waals surface area contributed by atoms with Gasteiger partial charge in [-0.05, 0) is 53.9 Å². The van der Waals surface area contributed by atoms with Crippen LogP contribution in [0.25, 0.3) is 11.0 Å². The molecule has 8 heteroatoms. The summed E-state index contributed by atoms with van der Waals surface area (Å²) in [7, 11) is 1.44. The normalized spacial score (nSPS) is 15.2. The Morgan fingerprint density at radius 1 is 1.21 bits per heavy atom. The molecule has 0 aliphatic carbocycles. The van der Waals surface area contributed by atoms with E-state index in [4.69, 9.17) is 20.8 Å². The van der Waals surface area contributed by atoms with Crippen LogP contribution in [0, 0.1) is 6.92 Å². The average molecular weight is 463 g/mol. The van der Waals surface area contributed by atoms with Gasteiger partial charge in [-0.25, -0.2) is 0 Å². The van der Waals surface area contributed by atoms with Crippen molar-refractivity contribution in [1.29, 1.82) is 0 Å². The monoisotopic (exact) mass is 462 g/mol. The Morgan fingerprint density at radius 3 is 2.76 bits per heavy atom. The SMILES string of the molecule is COc1cc(C2c3c(oc4cc(C)c(Cl)cc4c3=O)C(=O)N2Cc2cccnc2)ccc1O. The van der Waals surface area contributed by atoms with Gasteiger partial charge in [0, 0.05) is 24.0 Å². The summed E-state index contributed by atoms with van der Waals surface area (Å²) in [5.41, 5.74) is 2.34. The van der Waals surface area contributed by atoms with Crippen LogP contribution in [0.5, 0.6) is 11.5 Å². The molecule has 7 nitrogen and oxygen atoms in total. The van der Waals surface area contributed by atoms with Crippen LogP contribution in [0.1, 0.15) is 38.9 Å². The topological polar surface area (TPSA) is 92.9 Å². The third kappa shape index (κ3) is 3.41. The number of rotatable bonds is 4. The number of aromatic nitrogens is 1. The van der Waals surface area contributed by atoms with Gasteiger partial charge in [-0.2, -0.15) is 0 Å². The molecule has 2 aromatic heterocycles. The number of halogens is 1. The number of hydrogen-bond donors (Lipinski definition) is 1. The highest BCUT2D eigenvalue weighted by atomic mass is 35.5. The predicted octanol–water partition coefficient (Wildman–Crippen LogP) is 4.61. The summed E-state index contributed by atoms with van der Waals surface area (Å²) in [6, 6.07) is 10.9. The molecular formula is C25H19ClN2O5. The number of phenolic OH excluding ortho intramolecular Hbond substituents is 1. The number of amides is 1. The minimum Gasteiger partial charge on any atom is -0.504 e. The number of benzene rings is 2. The maximum atomic E-state index is 13.6. The van der Waals surface area contributed by atoms with Gasteiger partial charge in [0.05, 0.1) is 24.1 Å². The Bertz CT molecular complexity index is 1470. The van der Waals surface area contributed by atoms with Crippen LogP contribution >= 0.6 is 11.6 Å². The lowest BCUT2D eigenvalue weighted by atomic mass is 9.97. The Hall–Kier alpha value is -3.84. The fourth-order valence-corrected chi connectivity index (χ4v) is 4.37. The molecule has 2 aromatic carbocycles. The summed E-state index contributed by atoms with van der Waals surface area (Å²) in [6.07, 6.45) is 3.32. The summed E-state index contributed by atoms with van der Waals surface area (Å²) in [4.78, 5) is 32.9. The van der Waals surface area contributed by atoms with E-state index in [0.717, 1.165) is 11.1 Å². The third-order valence-corrected chi connectivity index (χ3v) is 6.25. The fourth-order valence-electron chi connectivity index (χ4n) is 4.20. The maximum Gasteiger partial charge on any atom is 0.291 e. The predicted molar refractivity (Wildman–Crippen MR) is 123 cm³/mol. The molecule has 1 aliphatic rings. The number of nitrogens with zero attached hydrogens (tertiary/aromatic N) is 2. The van der Waals surface area contributed by atoms with E-state index in [-0.39, 0.29) is 34.8 Å². The lowest BCUT2D eigenvalue weighted by Gasteiger charge is -2.25. The van der Waals surface area contributed by atoms with Crippen LogP contribution in [0.4, 0.5) is 0 Å². The molecule has 0 bridgehead atoms. The number of aryl methyl sites for hydroxylation is 1. The minimum absolute atomic E-state index is 0.00449. The number of carbonyl (C=O) groups is 1. The molecule has 33 heavy (non-hydrogen) atoms. The Balaban J connectivity index is 1.76. The smallest absolute Gasteiger partial charge is 0.291 e. The molecule has 1 amide bonds. The highest BCUT2D eigenvalue weighted by Gasteiger charge is 2.43. The van der Waals surface area contributed by atoms with Gasteiger partial charge >= 0.3 is 0 Å². The van der Waals surface area contributed by atoms with E-state index in [9.17, 15) is 14.7 Å². The van der Waals surface area contributed by atoms with Gasteiger partial charge in [-0.3, -0.25) is 14.6 Å². The lowest BCUT2D eigenvalue weighted by molar-refractivity contribution is 0.0714. The first kappa shape index (κ1) is 21.0. The molecule has 1 N–H and O–H groups in total. The Kier molecular flexibility index (Phi) is 5.06. The van der Waals surface area contributed by atoms with Crippen LogP contribution in [0.2, 0.25) is 5.02 Å². The molecule has 0 fully saturated rings. The van der Waals surface area contributed by atoms with Gasteiger partial charge in [0.15, 0.2) is 16.9 Å². The summed E-state index contributed by atoms with van der Waals surface area (Å²) in [5, 5.41) is 10.8. The molecule has 0 radical (unpaired) electrons. The first-order valence-electron chi connectivity index (χ1n) is 10.2. The lowest BCUT2D eigenvalue weighted by Crippen LogP contribution is -2.29. The molecular weight excluding hydrogens is 444 g/mol. The molecule has 1 atom stereocenters. The van der Waals surface area contributed by atoms with E-state index >= 15 is 0 Å². The van der Waals surface area contributed by atoms with Crippen molar-refractivity contribution < 1.29 is 19.1 Å². The molecule has 166 valence electrons. The van der Waals surface area contributed by atoms with Gasteiger partial charge in [0.25, 0.3) is 5.91 Å². The summed E-state index contributed by atoms with van der Waals surface area (Å²) in [5.74, 6) is -0.219. The van der Waals surface area contributed by atoms with Gasteiger partial charge in [-0.15, -0.1) is 0 Å². The van der Waals surface area contributed by atoms with Crippen molar-refractivity contribution in [2.75, 3.05) is 7.11 Å². The Labute approximate surface area is 193 Å². The van der Waals surface area contributed by atoms with Crippen molar-refractivity contribution in [3.8, 4) is 11.5 Å². The zero-order valence-corrected chi connectivity index (χ0v) is 18.6. The molecule has 5 rings (SSSR count). The van der Waals surface area contributed by atoms with Crippen molar-refractivity contribution in [2.24, 2.45) is 0 Å². The van der Waals surface area contributed by atoms with Gasteiger partial charge in [-0.1, -0.05) is 23.7 Å². The summed E-state index contributed by atoms with van der Waals surface area (Å²) >= 11 is 6.28. The zero-order valence-electron chi connectivity index (χ0n) is 17.8. The number of hydrogen-bond acceptors (Lipinski definition) is 6. The number of ether oxygens (including phenoxy) is 1. The first-order chi connectivity index (χ1) is 15.9. The number of carbonyl (C=O) groups excluding carboxylic acids is 1. The van der Waals surface area contributed by atoms with Crippen molar-refractivity contribution in [2.45, 2.75) is 19.5 Å². The molecule has 3 heterocycles. The van der Waals surface area contributed by atoms with Crippen LogP contribution in [0.15, 0.2) is 64.1 Å². The molecule has 4 aromatic rings. The van der Waals surface area contributed by atoms with E-state index in [0.29, 0.717) is 21.6 Å². The second kappa shape index (κ2) is 7.94. The number of aromatic hydroxyl groups is 1. The van der Waals surface area contributed by atoms with E-state index in [1.165, 1.54) is 13.2 Å². The zero-order chi connectivity index (χ0) is 23.3. The van der Waals surface area contributed by atoms with E-state index in [1.54, 1.807) is 54.5 Å². The standard InChI is InChI=1S/C25H19ClN2O5/c1-13-8-19-16(10-17(13)26)23(30)21-22(15-5-6-18(29)20(9-15)32-2)28(25(31)24(21)33-19)12-14-4-3-7-27-11-14/h3-11,22,29H,12H2,1-2H3. The van der Waals surface area contributed by atoms with Crippen molar-refractivity contribution in [3.05, 3.63) is 98.1 Å². The van der Waals surface area contributed by atoms with Crippen molar-refractivity contribution in [3.63, 3.8) is 0 Å². The van der Waals surface area contributed by atoms with Gasteiger partial charge in [0.2, 0.25) is 5.76 Å². The van der Waals surface area contributed by atoms with E-state index < -0.39 is 11.9 Å². The second-order valence-electron chi connectivity index (χ2n) is 7.90. The minimum atomic E-state index is -0.747. The van der Waals surface area contributed by atoms with Gasteiger partial charge < -0.3 is 19.2 Å². The largest absolute Gasteiger partial charge is 0.504 e. The van der Waals surface area contributed by atoms with E-state index in [2.05, 4.69) is 4.98 Å². The fraction of sp³-hybridized carbons (Fsp3) is 0.160. The van der Waals surface area contributed by atoms with Gasteiger partial charge in [0.1, 0.15) is 5.58 Å². The molecule has 1 unspecified atom stereocenters. The molecule has 0 saturated carbocycles. The average Bonchev–Trinajstić information content (AvgIpc) is 3.08. The number of pyridine rings is 1. The van der Waals surface area contributed by atoms with Crippen molar-refractivity contribution >= 4 is 28.5 Å². The molecule has 1 aliphatic heterocycles. The van der Waals surface area contributed by atoms with Crippen LogP contribution in [0.3, 0.4) is 0 Å². The molecule has 0 saturated heterocycles. The number of fused-ring (bicyclic) bond motifs is 2. The highest BCUT2D eigenvalue weighted by Crippen LogP contribution is 2.41. The van der Waals surface area contributed by atoms with Crippen LogP contribution in [-0.2, 0) is 6.54 Å². The molecule has 0 spiro atoms. The maximum absolute atomic E-state index is 13.6. The number of methoxy groups -OCH3 is 1. The van der Waals surface area contributed by atoms with Crippen molar-refractivity contribution in [1.82, 2.24) is 9.88 Å². The summed E-state index contributed by atoms with van der Waals surface area (Å²) < 4.78 is 11.2. The summed E-state index contributed by atoms with van der Waals surface area (Å²) in [6.45, 7) is 2.01. The first-order valence-corrected chi connectivity index (χ1v) is 10.6. The van der Waals surface area contributed by atoms with E-state index in [1.807, 2.05) is 6.07 Å². The highest BCUT2D eigenvalue weighted by molar-refractivity contribution is 6.32. The van der Waals surface area contributed by atoms with Crippen LogP contribution < -0.4 is 10.2 Å². The third-order valence-electron chi connectivity index (χ3n) is 5.84. The number of phenols is 1. The Morgan fingerprint density at radius 2 is 2.03 bits per heavy atom. The quantitative estimate of drug-likeness (QED) is 0.476.